The Labute approximate surface area is 115 Å². The summed E-state index contributed by atoms with van der Waals surface area (Å²) in [6, 6.07) is -0.506. The van der Waals surface area contributed by atoms with Crippen molar-refractivity contribution in [3.8, 4) is 0 Å². The Morgan fingerprint density at radius 1 is 1.32 bits per heavy atom. The van der Waals surface area contributed by atoms with Gasteiger partial charge in [0.05, 0.1) is 5.92 Å². The first-order valence-electron chi connectivity index (χ1n) is 6.43. The monoisotopic (exact) mass is 282 g/mol. The van der Waals surface area contributed by atoms with Crippen LogP contribution >= 0.6 is 11.3 Å². The Bertz CT molecular complexity index is 435. The van der Waals surface area contributed by atoms with Crippen molar-refractivity contribution in [3.63, 3.8) is 0 Å². The minimum absolute atomic E-state index is 0.181. The maximum Gasteiger partial charge on any atom is 0.321 e. The molecule has 0 aromatic carbocycles. The van der Waals surface area contributed by atoms with Crippen LogP contribution < -0.4 is 16.4 Å². The molecule has 7 heteroatoms. The normalized spacial score (nSPS) is 23.4. The van der Waals surface area contributed by atoms with E-state index in [-0.39, 0.29) is 23.9 Å². The molecule has 3 amide bonds. The molecule has 1 saturated carbocycles. The molecule has 1 heterocycles. The summed E-state index contributed by atoms with van der Waals surface area (Å²) < 4.78 is 0. The van der Waals surface area contributed by atoms with Gasteiger partial charge in [-0.3, -0.25) is 10.1 Å². The molecule has 2 atom stereocenters. The summed E-state index contributed by atoms with van der Waals surface area (Å²) in [5.41, 5.74) is 5.42. The number of thiazole rings is 1. The average molecular weight is 282 g/mol. The van der Waals surface area contributed by atoms with E-state index in [2.05, 4.69) is 15.6 Å². The molecule has 1 aromatic rings. The lowest BCUT2D eigenvalue weighted by Gasteiger charge is -2.23. The van der Waals surface area contributed by atoms with Gasteiger partial charge in [-0.15, -0.1) is 11.3 Å². The Kier molecular flexibility index (Phi) is 4.73. The van der Waals surface area contributed by atoms with Gasteiger partial charge in [-0.2, -0.15) is 0 Å². The molecular formula is C12H18N4O2S. The third-order valence-corrected chi connectivity index (χ3v) is 4.04. The van der Waals surface area contributed by atoms with Crippen molar-refractivity contribution in [2.45, 2.75) is 38.1 Å². The van der Waals surface area contributed by atoms with Crippen LogP contribution in [0.25, 0.3) is 0 Å². The number of anilines is 1. The molecule has 0 unspecified atom stereocenters. The van der Waals surface area contributed by atoms with Crippen molar-refractivity contribution in [1.29, 1.82) is 0 Å². The predicted octanol–water partition coefficient (Wildman–Crippen LogP) is 1.70. The van der Waals surface area contributed by atoms with Crippen LogP contribution in [0.15, 0.2) is 11.6 Å². The number of urea groups is 1. The fourth-order valence-corrected chi connectivity index (χ4v) is 2.93. The van der Waals surface area contributed by atoms with Crippen LogP contribution in [0.3, 0.4) is 0 Å². The smallest absolute Gasteiger partial charge is 0.321 e. The van der Waals surface area contributed by atoms with Crippen molar-refractivity contribution in [1.82, 2.24) is 10.3 Å². The summed E-state index contributed by atoms with van der Waals surface area (Å²) in [7, 11) is 0. The van der Waals surface area contributed by atoms with Gasteiger partial charge in [-0.05, 0) is 12.8 Å². The molecule has 104 valence electrons. The molecule has 1 aliphatic carbocycles. The summed E-state index contributed by atoms with van der Waals surface area (Å²) in [6.07, 6.45) is 6.23. The number of nitrogens with zero attached hydrogens (tertiary/aromatic N) is 1. The lowest BCUT2D eigenvalue weighted by atomic mass is 9.94. The van der Waals surface area contributed by atoms with Crippen molar-refractivity contribution >= 4 is 28.4 Å². The van der Waals surface area contributed by atoms with E-state index >= 15 is 0 Å². The van der Waals surface area contributed by atoms with E-state index in [4.69, 9.17) is 5.73 Å². The molecule has 4 N–H and O–H groups in total. The van der Waals surface area contributed by atoms with Crippen LogP contribution in [0.1, 0.15) is 32.1 Å². The van der Waals surface area contributed by atoms with Gasteiger partial charge < -0.3 is 11.1 Å². The van der Waals surface area contributed by atoms with Crippen LogP contribution in [-0.4, -0.2) is 23.0 Å². The second-order valence-corrected chi connectivity index (χ2v) is 5.58. The van der Waals surface area contributed by atoms with Crippen molar-refractivity contribution in [2.75, 3.05) is 5.32 Å². The van der Waals surface area contributed by atoms with Gasteiger partial charge in [0.15, 0.2) is 5.13 Å². The Morgan fingerprint density at radius 3 is 2.79 bits per heavy atom. The minimum atomic E-state index is -0.332. The quantitative estimate of drug-likeness (QED) is 0.736. The third-order valence-electron chi connectivity index (χ3n) is 3.35. The van der Waals surface area contributed by atoms with E-state index in [1.165, 1.54) is 11.3 Å². The zero-order valence-electron chi connectivity index (χ0n) is 10.6. The fourth-order valence-electron chi connectivity index (χ4n) is 2.41. The van der Waals surface area contributed by atoms with E-state index in [0.29, 0.717) is 5.13 Å². The predicted molar refractivity (Wildman–Crippen MR) is 73.8 cm³/mol. The van der Waals surface area contributed by atoms with Gasteiger partial charge in [-0.1, -0.05) is 19.3 Å². The molecule has 0 spiro atoms. The largest absolute Gasteiger partial charge is 0.369 e. The van der Waals surface area contributed by atoms with Crippen molar-refractivity contribution in [3.05, 3.63) is 11.6 Å². The van der Waals surface area contributed by atoms with Crippen LogP contribution in [0, 0.1) is 5.92 Å². The first-order chi connectivity index (χ1) is 9.16. The number of hydrogen-bond donors (Lipinski definition) is 3. The number of rotatable bonds is 3. The number of nitrogens with two attached hydrogens (primary N) is 1. The van der Waals surface area contributed by atoms with Crippen molar-refractivity contribution < 1.29 is 9.59 Å². The highest BCUT2D eigenvalue weighted by Gasteiger charge is 2.29. The summed E-state index contributed by atoms with van der Waals surface area (Å²) in [6.45, 7) is 0. The molecule has 19 heavy (non-hydrogen) atoms. The maximum atomic E-state index is 11.9. The Morgan fingerprint density at radius 2 is 2.11 bits per heavy atom. The van der Waals surface area contributed by atoms with Crippen LogP contribution in [0.2, 0.25) is 0 Å². The van der Waals surface area contributed by atoms with E-state index in [9.17, 15) is 9.59 Å². The first kappa shape index (κ1) is 13.8. The van der Waals surface area contributed by atoms with Crippen LogP contribution in [0.4, 0.5) is 9.93 Å². The topological polar surface area (TPSA) is 97.1 Å². The van der Waals surface area contributed by atoms with E-state index in [1.54, 1.807) is 11.6 Å². The fraction of sp³-hybridized carbons (Fsp3) is 0.583. The SMILES string of the molecule is NC(=O)[C@H]1CCCCC[C@@H]1NC(=O)Nc1nccs1. The zero-order valence-corrected chi connectivity index (χ0v) is 11.4. The number of aromatic nitrogens is 1. The highest BCUT2D eigenvalue weighted by molar-refractivity contribution is 7.13. The number of carbonyl (C=O) groups is 2. The standard InChI is InChI=1S/C12H18N4O2S/c13-10(17)8-4-2-1-3-5-9(8)15-11(18)16-12-14-6-7-19-12/h6-9H,1-5H2,(H2,13,17)(H2,14,15,16,18)/t8-,9-/m0/s1. The number of carbonyl (C=O) groups excluding carboxylic acids is 2. The van der Waals surface area contributed by atoms with Crippen LogP contribution in [-0.2, 0) is 4.79 Å². The average Bonchev–Trinajstić information content (AvgIpc) is 2.73. The summed E-state index contributed by atoms with van der Waals surface area (Å²) in [4.78, 5) is 27.3. The molecule has 0 aliphatic heterocycles. The van der Waals surface area contributed by atoms with Gasteiger partial charge in [0.25, 0.3) is 0 Å². The van der Waals surface area contributed by atoms with Crippen LogP contribution in [0.5, 0.6) is 0 Å². The maximum absolute atomic E-state index is 11.9. The number of nitrogens with one attached hydrogen (secondary N) is 2. The number of hydrogen-bond acceptors (Lipinski definition) is 4. The Balaban J connectivity index is 1.94. The van der Waals surface area contributed by atoms with Gasteiger partial charge in [0, 0.05) is 17.6 Å². The van der Waals surface area contributed by atoms with E-state index in [1.807, 2.05) is 0 Å². The first-order valence-corrected chi connectivity index (χ1v) is 7.31. The summed E-state index contributed by atoms with van der Waals surface area (Å²) in [5.74, 6) is -0.606. The lowest BCUT2D eigenvalue weighted by molar-refractivity contribution is -0.122. The molecule has 0 bridgehead atoms. The second kappa shape index (κ2) is 6.51. The van der Waals surface area contributed by atoms with Gasteiger partial charge in [0.1, 0.15) is 0 Å². The number of primary amides is 1. The third kappa shape index (κ3) is 3.92. The molecular weight excluding hydrogens is 264 g/mol. The highest BCUT2D eigenvalue weighted by Crippen LogP contribution is 2.23. The van der Waals surface area contributed by atoms with Gasteiger partial charge in [0.2, 0.25) is 5.91 Å². The van der Waals surface area contributed by atoms with Gasteiger partial charge in [-0.25, -0.2) is 9.78 Å². The van der Waals surface area contributed by atoms with E-state index < -0.39 is 0 Å². The Hall–Kier alpha value is -1.63. The number of amides is 3. The molecule has 1 aliphatic rings. The molecule has 1 fully saturated rings. The minimum Gasteiger partial charge on any atom is -0.369 e. The molecule has 6 nitrogen and oxygen atoms in total. The molecule has 0 radical (unpaired) electrons. The zero-order chi connectivity index (χ0) is 13.7. The molecule has 2 rings (SSSR count). The summed E-state index contributed by atoms with van der Waals surface area (Å²) in [5, 5.41) is 7.83. The lowest BCUT2D eigenvalue weighted by Crippen LogP contribution is -2.46. The molecule has 0 saturated heterocycles. The summed E-state index contributed by atoms with van der Waals surface area (Å²) >= 11 is 1.35. The molecule has 1 aromatic heterocycles. The van der Waals surface area contributed by atoms with Gasteiger partial charge >= 0.3 is 6.03 Å². The van der Waals surface area contributed by atoms with E-state index in [0.717, 1.165) is 32.1 Å². The second-order valence-electron chi connectivity index (χ2n) is 4.69. The van der Waals surface area contributed by atoms with Crippen molar-refractivity contribution in [2.24, 2.45) is 11.7 Å². The highest BCUT2D eigenvalue weighted by atomic mass is 32.1.